The Hall–Kier alpha value is -2.08. The van der Waals surface area contributed by atoms with Crippen molar-refractivity contribution in [3.8, 4) is 0 Å². The summed E-state index contributed by atoms with van der Waals surface area (Å²) in [5.74, 6) is -1.18. The molecule has 0 spiro atoms. The Kier molecular flexibility index (Phi) is 3.71. The number of carbonyl (C=O) groups is 1. The molecule has 0 amide bonds. The zero-order chi connectivity index (χ0) is 14.0. The van der Waals surface area contributed by atoms with Crippen LogP contribution in [-0.2, 0) is 17.1 Å². The minimum Gasteiger partial charge on any atom is -0.805 e. The average Bonchev–Trinajstić information content (AvgIpc) is 2.41. The van der Waals surface area contributed by atoms with E-state index in [2.05, 4.69) is 0 Å². The highest BCUT2D eigenvalue weighted by molar-refractivity contribution is 6.17. The molecular formula is C12H11ClN2O4. The van der Waals surface area contributed by atoms with Crippen molar-refractivity contribution in [1.82, 2.24) is 4.73 Å². The first-order valence-electron chi connectivity index (χ1n) is 5.59. The maximum Gasteiger partial charge on any atom is 0.303 e. The van der Waals surface area contributed by atoms with E-state index in [1.807, 2.05) is 0 Å². The maximum absolute atomic E-state index is 12.2. The van der Waals surface area contributed by atoms with Gasteiger partial charge >= 0.3 is 5.97 Å². The van der Waals surface area contributed by atoms with Gasteiger partial charge in [-0.1, -0.05) is 12.1 Å². The molecule has 1 N–H and O–H groups in total. The summed E-state index contributed by atoms with van der Waals surface area (Å²) < 4.78 is 1.18. The Morgan fingerprint density at radius 3 is 2.74 bits per heavy atom. The van der Waals surface area contributed by atoms with Gasteiger partial charge in [0.1, 0.15) is 11.2 Å². The van der Waals surface area contributed by atoms with Gasteiger partial charge in [-0.15, -0.1) is 11.6 Å². The van der Waals surface area contributed by atoms with Crippen LogP contribution in [0.15, 0.2) is 24.3 Å². The highest BCUT2D eigenvalue weighted by atomic mass is 35.5. The molecule has 2 aromatic rings. The Balaban J connectivity index is 2.71. The zero-order valence-electron chi connectivity index (χ0n) is 9.88. The summed E-state index contributed by atoms with van der Waals surface area (Å²) in [6.45, 7) is 0. The lowest BCUT2D eigenvalue weighted by molar-refractivity contribution is -0.476. The second-order valence-corrected chi connectivity index (χ2v) is 4.27. The van der Waals surface area contributed by atoms with E-state index in [1.165, 1.54) is 12.1 Å². The molecule has 19 heavy (non-hydrogen) atoms. The van der Waals surface area contributed by atoms with Crippen LogP contribution < -0.4 is 4.43 Å². The summed E-state index contributed by atoms with van der Waals surface area (Å²) in [6.07, 6.45) is -0.265. The molecule has 0 radical (unpaired) electrons. The molecule has 0 saturated carbocycles. The minimum atomic E-state index is -1.04. The molecule has 0 fully saturated rings. The van der Waals surface area contributed by atoms with E-state index in [-0.39, 0.29) is 41.1 Å². The third-order valence-electron chi connectivity index (χ3n) is 2.84. The van der Waals surface area contributed by atoms with E-state index < -0.39 is 5.97 Å². The number of hydrogen-bond acceptors (Lipinski definition) is 3. The maximum atomic E-state index is 12.2. The van der Waals surface area contributed by atoms with E-state index >= 15 is 0 Å². The van der Waals surface area contributed by atoms with Gasteiger partial charge in [0, 0.05) is 17.4 Å². The normalized spacial score (nSPS) is 10.8. The molecular weight excluding hydrogens is 272 g/mol. The van der Waals surface area contributed by atoms with E-state index in [4.69, 9.17) is 16.7 Å². The van der Waals surface area contributed by atoms with E-state index in [0.717, 1.165) is 0 Å². The molecule has 2 rings (SSSR count). The number of nitrogens with zero attached hydrogens (tertiary/aromatic N) is 2. The van der Waals surface area contributed by atoms with Gasteiger partial charge < -0.3 is 15.0 Å². The van der Waals surface area contributed by atoms with Gasteiger partial charge in [-0.25, -0.2) is 0 Å². The van der Waals surface area contributed by atoms with Crippen LogP contribution in [0.1, 0.15) is 17.8 Å². The Labute approximate surface area is 113 Å². The minimum absolute atomic E-state index is 0.0338. The van der Waals surface area contributed by atoms with Crippen LogP contribution in [0.2, 0.25) is 0 Å². The van der Waals surface area contributed by atoms with Gasteiger partial charge in [0.2, 0.25) is 0 Å². The number of hydrogen-bond donors (Lipinski definition) is 1. The summed E-state index contributed by atoms with van der Waals surface area (Å²) >= 11 is 5.70. The molecule has 0 atom stereocenters. The average molecular weight is 283 g/mol. The van der Waals surface area contributed by atoms with Crippen LogP contribution in [0.4, 0.5) is 0 Å². The number of halogens is 1. The summed E-state index contributed by atoms with van der Waals surface area (Å²) in [7, 11) is 0. The van der Waals surface area contributed by atoms with Crippen LogP contribution in [0.25, 0.3) is 11.0 Å². The smallest absolute Gasteiger partial charge is 0.303 e. The van der Waals surface area contributed by atoms with E-state index in [9.17, 15) is 14.9 Å². The monoisotopic (exact) mass is 282 g/mol. The van der Waals surface area contributed by atoms with Crippen molar-refractivity contribution in [3.05, 3.63) is 45.8 Å². The molecule has 0 unspecified atom stereocenters. The van der Waals surface area contributed by atoms with Crippen LogP contribution in [0.5, 0.6) is 0 Å². The van der Waals surface area contributed by atoms with Gasteiger partial charge in [-0.3, -0.25) is 4.79 Å². The number of para-hydroxylation sites is 2. The molecule has 7 heteroatoms. The number of carboxylic acid groups (broad SMARTS) is 1. The third kappa shape index (κ3) is 2.39. The molecule has 1 aromatic carbocycles. The predicted molar refractivity (Wildman–Crippen MR) is 69.6 cm³/mol. The Bertz CT molecular complexity index is 696. The molecule has 0 bridgehead atoms. The Morgan fingerprint density at radius 1 is 1.42 bits per heavy atom. The SMILES string of the molecule is O=C(O)CCc1c(CCl)n([O-])c2ccccc2[n+]1=O. The molecule has 0 aliphatic heterocycles. The summed E-state index contributed by atoms with van der Waals surface area (Å²) in [5, 5.41) is 20.8. The highest BCUT2D eigenvalue weighted by Gasteiger charge is 2.22. The molecule has 6 nitrogen and oxygen atoms in total. The lowest BCUT2D eigenvalue weighted by atomic mass is 10.1. The predicted octanol–water partition coefficient (Wildman–Crippen LogP) is 1.66. The largest absolute Gasteiger partial charge is 0.805 e. The third-order valence-corrected chi connectivity index (χ3v) is 3.10. The van der Waals surface area contributed by atoms with Gasteiger partial charge in [-0.05, 0) is 6.07 Å². The fourth-order valence-electron chi connectivity index (χ4n) is 1.94. The van der Waals surface area contributed by atoms with Crippen molar-refractivity contribution in [2.45, 2.75) is 18.7 Å². The number of rotatable bonds is 4. The van der Waals surface area contributed by atoms with Crippen molar-refractivity contribution < 1.29 is 14.3 Å². The topological polar surface area (TPSA) is 88.3 Å². The number of benzene rings is 1. The van der Waals surface area contributed by atoms with E-state index in [1.54, 1.807) is 12.1 Å². The highest BCUT2D eigenvalue weighted by Crippen LogP contribution is 2.17. The number of aromatic nitrogens is 2. The van der Waals surface area contributed by atoms with Crippen LogP contribution in [0.3, 0.4) is 0 Å². The molecule has 1 heterocycles. The first-order valence-corrected chi connectivity index (χ1v) is 6.13. The number of fused-ring (bicyclic) bond motifs is 1. The lowest BCUT2D eigenvalue weighted by Gasteiger charge is -2.17. The first-order chi connectivity index (χ1) is 9.06. The summed E-state index contributed by atoms with van der Waals surface area (Å²) in [6, 6.07) is 6.32. The second kappa shape index (κ2) is 5.27. The quantitative estimate of drug-likeness (QED) is 0.682. The van der Waals surface area contributed by atoms with Crippen molar-refractivity contribution in [2.24, 2.45) is 0 Å². The molecule has 100 valence electrons. The van der Waals surface area contributed by atoms with Gasteiger partial charge in [0.25, 0.3) is 11.2 Å². The number of carboxylic acids is 1. The van der Waals surface area contributed by atoms with Crippen LogP contribution >= 0.6 is 11.6 Å². The van der Waals surface area contributed by atoms with E-state index in [0.29, 0.717) is 9.16 Å². The molecule has 0 aliphatic rings. The fraction of sp³-hybridized carbons (Fsp3) is 0.250. The van der Waals surface area contributed by atoms with Crippen LogP contribution in [0, 0.1) is 10.1 Å². The van der Waals surface area contributed by atoms with Crippen molar-refractivity contribution in [1.29, 1.82) is 0 Å². The molecule has 0 aliphatic carbocycles. The summed E-state index contributed by atoms with van der Waals surface area (Å²) in [4.78, 5) is 22.8. The molecule has 0 saturated heterocycles. The van der Waals surface area contributed by atoms with Crippen molar-refractivity contribution >= 4 is 28.6 Å². The Morgan fingerprint density at radius 2 is 2.11 bits per heavy atom. The standard InChI is InChI=1S/C12H11ClN2O4/c13-7-11-10(5-6-12(16)17)14(18)8-3-1-2-4-9(8)15(11)19/h1-4H,5-7H2,(H,16,17). The van der Waals surface area contributed by atoms with Gasteiger partial charge in [0.05, 0.1) is 16.7 Å². The second-order valence-electron chi connectivity index (χ2n) is 4.00. The first kappa shape index (κ1) is 13.4. The van der Waals surface area contributed by atoms with Crippen LogP contribution in [-0.4, -0.2) is 15.8 Å². The van der Waals surface area contributed by atoms with Gasteiger partial charge in [0.15, 0.2) is 0 Å². The fourth-order valence-corrected chi connectivity index (χ4v) is 2.20. The van der Waals surface area contributed by atoms with Crippen molar-refractivity contribution in [3.63, 3.8) is 0 Å². The molecule has 1 aromatic heterocycles. The lowest BCUT2D eigenvalue weighted by Crippen LogP contribution is -2.28. The zero-order valence-corrected chi connectivity index (χ0v) is 10.6. The number of aliphatic carboxylic acids is 1. The number of alkyl halides is 1. The summed E-state index contributed by atoms with van der Waals surface area (Å²) in [5.41, 5.74) is 0.613. The van der Waals surface area contributed by atoms with Gasteiger partial charge in [-0.2, -0.15) is 0 Å². The van der Waals surface area contributed by atoms with Crippen molar-refractivity contribution in [2.75, 3.05) is 0 Å².